The molecule has 0 radical (unpaired) electrons. The van der Waals surface area contributed by atoms with Crippen molar-refractivity contribution in [1.82, 2.24) is 15.5 Å². The first-order valence-corrected chi connectivity index (χ1v) is 9.49. The van der Waals surface area contributed by atoms with Crippen molar-refractivity contribution >= 4 is 35.1 Å². The van der Waals surface area contributed by atoms with Crippen molar-refractivity contribution in [1.29, 1.82) is 0 Å². The van der Waals surface area contributed by atoms with E-state index in [4.69, 9.17) is 27.9 Å². The van der Waals surface area contributed by atoms with Crippen molar-refractivity contribution in [2.75, 3.05) is 33.8 Å². The maximum Gasteiger partial charge on any atom is 0.241 e. The molecule has 2 N–H and O–H groups in total. The van der Waals surface area contributed by atoms with Gasteiger partial charge in [-0.3, -0.25) is 4.79 Å². The lowest BCUT2D eigenvalue weighted by molar-refractivity contribution is -0.127. The van der Waals surface area contributed by atoms with Gasteiger partial charge in [-0.15, -0.1) is 0 Å². The van der Waals surface area contributed by atoms with Crippen molar-refractivity contribution in [2.24, 2.45) is 4.99 Å². The normalized spacial score (nSPS) is 17.7. The standard InChI is InChI=1S/C18H26Cl2N4O2/c1-24(2)17(25)12-23-18(22-11-15-5-3-4-8-26-15)21-10-13-6-7-14(19)9-16(13)20/h6-7,9,15H,3-5,8,10-12H2,1-2H3,(H2,21,22,23). The minimum absolute atomic E-state index is 0.0297. The summed E-state index contributed by atoms with van der Waals surface area (Å²) in [5, 5.41) is 7.48. The van der Waals surface area contributed by atoms with E-state index in [-0.39, 0.29) is 18.6 Å². The fraction of sp³-hybridized carbons (Fsp3) is 0.556. The molecule has 1 fully saturated rings. The first kappa shape index (κ1) is 20.8. The Balaban J connectivity index is 1.98. The van der Waals surface area contributed by atoms with Crippen LogP contribution in [0.5, 0.6) is 0 Å². The number of hydrogen-bond donors (Lipinski definition) is 2. The third-order valence-electron chi connectivity index (χ3n) is 4.10. The van der Waals surface area contributed by atoms with Crippen molar-refractivity contribution in [2.45, 2.75) is 31.9 Å². The van der Waals surface area contributed by atoms with Crippen LogP contribution >= 0.6 is 23.2 Å². The van der Waals surface area contributed by atoms with E-state index in [2.05, 4.69) is 15.6 Å². The summed E-state index contributed by atoms with van der Waals surface area (Å²) < 4.78 is 5.73. The van der Waals surface area contributed by atoms with Crippen molar-refractivity contribution < 1.29 is 9.53 Å². The van der Waals surface area contributed by atoms with Gasteiger partial charge in [0, 0.05) is 37.3 Å². The highest BCUT2D eigenvalue weighted by atomic mass is 35.5. The lowest BCUT2D eigenvalue weighted by Crippen LogP contribution is -2.45. The number of aliphatic imine (C=N–C) groups is 1. The molecule has 26 heavy (non-hydrogen) atoms. The van der Waals surface area contributed by atoms with E-state index in [1.807, 2.05) is 6.07 Å². The van der Waals surface area contributed by atoms with Crippen LogP contribution in [0.4, 0.5) is 0 Å². The van der Waals surface area contributed by atoms with Crippen LogP contribution in [0.1, 0.15) is 24.8 Å². The molecule has 1 heterocycles. The van der Waals surface area contributed by atoms with Crippen LogP contribution in [-0.2, 0) is 16.1 Å². The van der Waals surface area contributed by atoms with Crippen LogP contribution in [0.25, 0.3) is 0 Å². The molecule has 2 rings (SSSR count). The molecule has 1 aliphatic rings. The second kappa shape index (κ2) is 10.6. The Labute approximate surface area is 164 Å². The molecule has 6 nitrogen and oxygen atoms in total. The number of rotatable bonds is 6. The van der Waals surface area contributed by atoms with Crippen LogP contribution in [-0.4, -0.2) is 56.7 Å². The van der Waals surface area contributed by atoms with E-state index in [0.717, 1.165) is 25.0 Å². The highest BCUT2D eigenvalue weighted by Gasteiger charge is 2.14. The Morgan fingerprint density at radius 2 is 2.12 bits per heavy atom. The predicted octanol–water partition coefficient (Wildman–Crippen LogP) is 2.69. The Bertz CT molecular complexity index is 632. The van der Waals surface area contributed by atoms with Gasteiger partial charge < -0.3 is 20.3 Å². The molecular weight excluding hydrogens is 375 g/mol. The molecule has 1 aromatic carbocycles. The number of halogens is 2. The Morgan fingerprint density at radius 3 is 2.77 bits per heavy atom. The fourth-order valence-corrected chi connectivity index (χ4v) is 2.95. The average Bonchev–Trinajstić information content (AvgIpc) is 2.62. The van der Waals surface area contributed by atoms with Gasteiger partial charge in [-0.05, 0) is 37.0 Å². The van der Waals surface area contributed by atoms with Gasteiger partial charge in [0.05, 0.1) is 19.2 Å². The van der Waals surface area contributed by atoms with Crippen LogP contribution in [0, 0.1) is 0 Å². The third kappa shape index (κ3) is 7.02. The van der Waals surface area contributed by atoms with E-state index < -0.39 is 0 Å². The van der Waals surface area contributed by atoms with Crippen LogP contribution < -0.4 is 10.6 Å². The van der Waals surface area contributed by atoms with Crippen LogP contribution in [0.2, 0.25) is 10.0 Å². The van der Waals surface area contributed by atoms with E-state index in [1.165, 1.54) is 11.3 Å². The molecular formula is C18H26Cl2N4O2. The van der Waals surface area contributed by atoms with E-state index in [1.54, 1.807) is 26.2 Å². The molecule has 1 unspecified atom stereocenters. The smallest absolute Gasteiger partial charge is 0.241 e. The van der Waals surface area contributed by atoms with Gasteiger partial charge in [-0.1, -0.05) is 29.3 Å². The van der Waals surface area contributed by atoms with Crippen molar-refractivity contribution in [3.05, 3.63) is 33.8 Å². The predicted molar refractivity (Wildman–Crippen MR) is 106 cm³/mol. The topological polar surface area (TPSA) is 66.0 Å². The van der Waals surface area contributed by atoms with Gasteiger partial charge in [-0.2, -0.15) is 0 Å². The number of hydrogen-bond acceptors (Lipinski definition) is 3. The molecule has 0 aromatic heterocycles. The number of nitrogens with zero attached hydrogens (tertiary/aromatic N) is 2. The molecule has 1 aromatic rings. The monoisotopic (exact) mass is 400 g/mol. The second-order valence-corrected chi connectivity index (χ2v) is 7.26. The summed E-state index contributed by atoms with van der Waals surface area (Å²) in [6.07, 6.45) is 3.48. The summed E-state index contributed by atoms with van der Waals surface area (Å²) >= 11 is 12.1. The molecule has 1 saturated heterocycles. The molecule has 0 aliphatic carbocycles. The number of carbonyl (C=O) groups excluding carboxylic acids is 1. The quantitative estimate of drug-likeness (QED) is 0.568. The molecule has 0 saturated carbocycles. The van der Waals surface area contributed by atoms with Crippen molar-refractivity contribution in [3.63, 3.8) is 0 Å². The van der Waals surface area contributed by atoms with Crippen molar-refractivity contribution in [3.8, 4) is 0 Å². The zero-order chi connectivity index (χ0) is 18.9. The number of nitrogens with one attached hydrogen (secondary N) is 2. The van der Waals surface area contributed by atoms with Gasteiger partial charge in [0.25, 0.3) is 0 Å². The molecule has 1 amide bonds. The van der Waals surface area contributed by atoms with Gasteiger partial charge in [0.15, 0.2) is 5.96 Å². The Kier molecular flexibility index (Phi) is 8.48. The zero-order valence-electron chi connectivity index (χ0n) is 15.2. The molecule has 1 aliphatic heterocycles. The molecule has 0 bridgehead atoms. The summed E-state index contributed by atoms with van der Waals surface area (Å²) in [4.78, 5) is 17.9. The number of carbonyl (C=O) groups is 1. The summed E-state index contributed by atoms with van der Waals surface area (Å²) in [5.41, 5.74) is 0.866. The minimum Gasteiger partial charge on any atom is -0.376 e. The third-order valence-corrected chi connectivity index (χ3v) is 4.69. The number of amides is 1. The van der Waals surface area contributed by atoms with Crippen LogP contribution in [0.15, 0.2) is 23.2 Å². The molecule has 0 spiro atoms. The first-order valence-electron chi connectivity index (χ1n) is 8.73. The van der Waals surface area contributed by atoms with Gasteiger partial charge in [0.1, 0.15) is 0 Å². The maximum atomic E-state index is 11.8. The summed E-state index contributed by atoms with van der Waals surface area (Å²) in [6.45, 7) is 1.99. The maximum absolute atomic E-state index is 11.8. The van der Waals surface area contributed by atoms with E-state index >= 15 is 0 Å². The highest BCUT2D eigenvalue weighted by molar-refractivity contribution is 6.35. The first-order chi connectivity index (χ1) is 12.5. The SMILES string of the molecule is CN(C)C(=O)CNC(=NCc1ccc(Cl)cc1Cl)NCC1CCCCO1. The Morgan fingerprint density at radius 1 is 1.31 bits per heavy atom. The summed E-state index contributed by atoms with van der Waals surface area (Å²) in [7, 11) is 3.44. The lowest BCUT2D eigenvalue weighted by Gasteiger charge is -2.24. The molecule has 144 valence electrons. The minimum atomic E-state index is -0.0297. The number of benzene rings is 1. The average molecular weight is 401 g/mol. The number of ether oxygens (including phenoxy) is 1. The Hall–Kier alpha value is -1.50. The number of likely N-dealkylation sites (N-methyl/N-ethyl adjacent to an activating group) is 1. The van der Waals surface area contributed by atoms with Gasteiger partial charge >= 0.3 is 0 Å². The van der Waals surface area contributed by atoms with Crippen LogP contribution in [0.3, 0.4) is 0 Å². The molecule has 1 atom stereocenters. The summed E-state index contributed by atoms with van der Waals surface area (Å²) in [6, 6.07) is 5.32. The highest BCUT2D eigenvalue weighted by Crippen LogP contribution is 2.21. The zero-order valence-corrected chi connectivity index (χ0v) is 16.7. The number of guanidine groups is 1. The lowest BCUT2D eigenvalue weighted by atomic mass is 10.1. The largest absolute Gasteiger partial charge is 0.376 e. The van der Waals surface area contributed by atoms with Gasteiger partial charge in [-0.25, -0.2) is 4.99 Å². The second-order valence-electron chi connectivity index (χ2n) is 6.41. The van der Waals surface area contributed by atoms with Gasteiger partial charge in [0.2, 0.25) is 5.91 Å². The summed E-state index contributed by atoms with van der Waals surface area (Å²) in [5.74, 6) is 0.526. The molecule has 8 heteroatoms. The fourth-order valence-electron chi connectivity index (χ4n) is 2.48. The van der Waals surface area contributed by atoms with E-state index in [0.29, 0.717) is 29.1 Å². The van der Waals surface area contributed by atoms with E-state index in [9.17, 15) is 4.79 Å².